The highest BCUT2D eigenvalue weighted by Gasteiger charge is 2.25. The zero-order valence-electron chi connectivity index (χ0n) is 11.8. The normalized spacial score (nSPS) is 17.8. The Morgan fingerprint density at radius 2 is 2.30 bits per heavy atom. The molecule has 0 bridgehead atoms. The van der Waals surface area contributed by atoms with Crippen LogP contribution in [0.1, 0.15) is 31.7 Å². The first-order valence-corrected chi connectivity index (χ1v) is 7.14. The van der Waals surface area contributed by atoms with Crippen LogP contribution in [0.3, 0.4) is 0 Å². The molecule has 1 heterocycles. The predicted octanol–water partition coefficient (Wildman–Crippen LogP) is 2.59. The van der Waals surface area contributed by atoms with Crippen molar-refractivity contribution < 1.29 is 9.53 Å². The van der Waals surface area contributed by atoms with Gasteiger partial charge in [-0.05, 0) is 30.9 Å². The topological polar surface area (TPSA) is 53.3 Å². The minimum atomic E-state index is 0.0105. The molecule has 1 atom stereocenters. The number of carbonyl (C=O) groups excluding carboxylic acids is 1. The lowest BCUT2D eigenvalue weighted by atomic mass is 10.0. The maximum absolute atomic E-state index is 12.1. The largest absolute Gasteiger partial charge is 0.482 e. The Labute approximate surface area is 120 Å². The first kappa shape index (κ1) is 14.4. The van der Waals surface area contributed by atoms with Crippen molar-refractivity contribution in [1.29, 1.82) is 5.26 Å². The van der Waals surface area contributed by atoms with E-state index in [1.54, 1.807) is 24.3 Å². The number of likely N-dealkylation sites (tertiary alicyclic amines) is 1. The number of amides is 1. The highest BCUT2D eigenvalue weighted by molar-refractivity contribution is 5.78. The molecule has 1 aromatic rings. The minimum absolute atomic E-state index is 0.0105. The molecular weight excluding hydrogens is 252 g/mol. The summed E-state index contributed by atoms with van der Waals surface area (Å²) in [6.07, 6.45) is 3.44. The highest BCUT2D eigenvalue weighted by Crippen LogP contribution is 2.21. The number of carbonyl (C=O) groups is 1. The average molecular weight is 272 g/mol. The Kier molecular flexibility index (Phi) is 5.00. The molecule has 0 aromatic heterocycles. The van der Waals surface area contributed by atoms with E-state index in [0.717, 1.165) is 19.5 Å². The molecule has 1 aliphatic heterocycles. The van der Waals surface area contributed by atoms with Crippen molar-refractivity contribution in [2.75, 3.05) is 19.7 Å². The van der Waals surface area contributed by atoms with Gasteiger partial charge in [-0.1, -0.05) is 25.5 Å². The Morgan fingerprint density at radius 1 is 1.50 bits per heavy atom. The first-order chi connectivity index (χ1) is 9.74. The van der Waals surface area contributed by atoms with Crippen LogP contribution in [-0.4, -0.2) is 30.5 Å². The average Bonchev–Trinajstić information content (AvgIpc) is 2.94. The van der Waals surface area contributed by atoms with Crippen LogP contribution in [0.2, 0.25) is 0 Å². The maximum atomic E-state index is 12.1. The number of benzene rings is 1. The van der Waals surface area contributed by atoms with Gasteiger partial charge in [0.05, 0.1) is 5.56 Å². The van der Waals surface area contributed by atoms with E-state index in [0.29, 0.717) is 17.2 Å². The lowest BCUT2D eigenvalue weighted by Crippen LogP contribution is -2.33. The van der Waals surface area contributed by atoms with Crippen molar-refractivity contribution in [2.24, 2.45) is 5.92 Å². The Bertz CT molecular complexity index is 507. The number of ether oxygens (including phenoxy) is 1. The van der Waals surface area contributed by atoms with Gasteiger partial charge >= 0.3 is 0 Å². The summed E-state index contributed by atoms with van der Waals surface area (Å²) in [5.41, 5.74) is 0.464. The van der Waals surface area contributed by atoms with Crippen molar-refractivity contribution in [3.05, 3.63) is 29.8 Å². The fourth-order valence-electron chi connectivity index (χ4n) is 2.62. The van der Waals surface area contributed by atoms with Gasteiger partial charge in [0, 0.05) is 13.1 Å². The molecule has 1 fully saturated rings. The third kappa shape index (κ3) is 3.51. The first-order valence-electron chi connectivity index (χ1n) is 7.14. The van der Waals surface area contributed by atoms with E-state index >= 15 is 0 Å². The van der Waals surface area contributed by atoms with E-state index in [2.05, 4.69) is 13.0 Å². The number of rotatable bonds is 5. The highest BCUT2D eigenvalue weighted by atomic mass is 16.5. The summed E-state index contributed by atoms with van der Waals surface area (Å²) in [6.45, 7) is 3.85. The van der Waals surface area contributed by atoms with E-state index < -0.39 is 0 Å². The molecule has 20 heavy (non-hydrogen) atoms. The van der Waals surface area contributed by atoms with Gasteiger partial charge in [-0.15, -0.1) is 0 Å². The molecule has 0 spiro atoms. The monoisotopic (exact) mass is 272 g/mol. The molecule has 1 amide bonds. The summed E-state index contributed by atoms with van der Waals surface area (Å²) in [5, 5.41) is 8.96. The van der Waals surface area contributed by atoms with Crippen LogP contribution in [0.15, 0.2) is 24.3 Å². The van der Waals surface area contributed by atoms with Gasteiger partial charge in [0.15, 0.2) is 6.61 Å². The van der Waals surface area contributed by atoms with Crippen molar-refractivity contribution in [3.8, 4) is 11.8 Å². The standard InChI is InChI=1S/C16H20N2O2/c1-2-5-13-8-9-18(11-13)16(19)12-20-15-7-4-3-6-14(15)10-17/h3-4,6-7,13H,2,5,8-9,11-12H2,1H3. The molecule has 4 nitrogen and oxygen atoms in total. The van der Waals surface area contributed by atoms with Crippen LogP contribution in [-0.2, 0) is 4.79 Å². The molecule has 0 aliphatic carbocycles. The molecule has 106 valence electrons. The van der Waals surface area contributed by atoms with E-state index in [9.17, 15) is 4.79 Å². The van der Waals surface area contributed by atoms with E-state index in [1.165, 1.54) is 12.8 Å². The van der Waals surface area contributed by atoms with Crippen molar-refractivity contribution in [3.63, 3.8) is 0 Å². The van der Waals surface area contributed by atoms with Gasteiger partial charge < -0.3 is 9.64 Å². The number of nitriles is 1. The lowest BCUT2D eigenvalue weighted by Gasteiger charge is -2.17. The zero-order chi connectivity index (χ0) is 14.4. The lowest BCUT2D eigenvalue weighted by molar-refractivity contribution is -0.132. The number of nitrogens with zero attached hydrogens (tertiary/aromatic N) is 2. The van der Waals surface area contributed by atoms with Gasteiger partial charge in [-0.3, -0.25) is 4.79 Å². The van der Waals surface area contributed by atoms with E-state index in [-0.39, 0.29) is 12.5 Å². The SMILES string of the molecule is CCCC1CCN(C(=O)COc2ccccc2C#N)C1. The van der Waals surface area contributed by atoms with E-state index in [4.69, 9.17) is 10.00 Å². The van der Waals surface area contributed by atoms with Crippen LogP contribution < -0.4 is 4.74 Å². The smallest absolute Gasteiger partial charge is 0.260 e. The predicted molar refractivity (Wildman–Crippen MR) is 76.2 cm³/mol. The molecule has 2 rings (SSSR count). The molecule has 1 unspecified atom stereocenters. The Morgan fingerprint density at radius 3 is 3.05 bits per heavy atom. The Hall–Kier alpha value is -2.02. The van der Waals surface area contributed by atoms with Crippen LogP contribution in [0.5, 0.6) is 5.75 Å². The van der Waals surface area contributed by atoms with Gasteiger partial charge in [-0.2, -0.15) is 5.26 Å². The van der Waals surface area contributed by atoms with E-state index in [1.807, 2.05) is 4.90 Å². The molecule has 0 N–H and O–H groups in total. The second-order valence-corrected chi connectivity index (χ2v) is 5.18. The number of para-hydroxylation sites is 1. The van der Waals surface area contributed by atoms with Gasteiger partial charge in [0.25, 0.3) is 5.91 Å². The summed E-state index contributed by atoms with van der Waals surface area (Å²) >= 11 is 0. The Balaban J connectivity index is 1.85. The molecule has 1 aliphatic rings. The molecule has 0 radical (unpaired) electrons. The second kappa shape index (κ2) is 6.95. The minimum Gasteiger partial charge on any atom is -0.482 e. The third-order valence-electron chi connectivity index (χ3n) is 3.69. The summed E-state index contributed by atoms with van der Waals surface area (Å²) in [4.78, 5) is 14.0. The van der Waals surface area contributed by atoms with Gasteiger partial charge in [0.2, 0.25) is 0 Å². The van der Waals surface area contributed by atoms with Crippen LogP contribution >= 0.6 is 0 Å². The molecular formula is C16H20N2O2. The summed E-state index contributed by atoms with van der Waals surface area (Å²) in [7, 11) is 0. The van der Waals surface area contributed by atoms with Crippen molar-refractivity contribution in [2.45, 2.75) is 26.2 Å². The molecule has 4 heteroatoms. The van der Waals surface area contributed by atoms with Crippen molar-refractivity contribution in [1.82, 2.24) is 4.90 Å². The summed E-state index contributed by atoms with van der Waals surface area (Å²) < 4.78 is 5.48. The van der Waals surface area contributed by atoms with Crippen LogP contribution in [0.25, 0.3) is 0 Å². The number of hydrogen-bond acceptors (Lipinski definition) is 3. The third-order valence-corrected chi connectivity index (χ3v) is 3.69. The second-order valence-electron chi connectivity index (χ2n) is 5.18. The molecule has 1 aromatic carbocycles. The fraction of sp³-hybridized carbons (Fsp3) is 0.500. The van der Waals surface area contributed by atoms with Crippen LogP contribution in [0.4, 0.5) is 0 Å². The molecule has 1 saturated heterocycles. The fourth-order valence-corrected chi connectivity index (χ4v) is 2.62. The number of hydrogen-bond donors (Lipinski definition) is 0. The molecule has 0 saturated carbocycles. The van der Waals surface area contributed by atoms with Crippen molar-refractivity contribution >= 4 is 5.91 Å². The zero-order valence-corrected chi connectivity index (χ0v) is 11.8. The summed E-state index contributed by atoms with van der Waals surface area (Å²) in [6, 6.07) is 9.05. The van der Waals surface area contributed by atoms with Gasteiger partial charge in [-0.25, -0.2) is 0 Å². The van der Waals surface area contributed by atoms with Gasteiger partial charge in [0.1, 0.15) is 11.8 Å². The van der Waals surface area contributed by atoms with Crippen LogP contribution in [0, 0.1) is 17.2 Å². The summed E-state index contributed by atoms with van der Waals surface area (Å²) in [5.74, 6) is 1.12. The maximum Gasteiger partial charge on any atom is 0.260 e. The quantitative estimate of drug-likeness (QED) is 0.828.